The van der Waals surface area contributed by atoms with Gasteiger partial charge >= 0.3 is 0 Å². The van der Waals surface area contributed by atoms with Gasteiger partial charge in [0.25, 0.3) is 0 Å². The Balaban J connectivity index is 2.32. The van der Waals surface area contributed by atoms with Gasteiger partial charge in [-0.1, -0.05) is 30.3 Å². The first-order valence-electron chi connectivity index (χ1n) is 4.47. The lowest BCUT2D eigenvalue weighted by atomic mass is 10.2. The molecule has 0 amide bonds. The fourth-order valence-corrected chi connectivity index (χ4v) is 1.09. The van der Waals surface area contributed by atoms with Gasteiger partial charge in [-0.3, -0.25) is 15.4 Å². The quantitative estimate of drug-likeness (QED) is 0.322. The molecule has 0 unspecified atom stereocenters. The minimum absolute atomic E-state index is 0.0454. The topological polar surface area (TPSA) is 94.1 Å². The monoisotopic (exact) mass is 210 g/mol. The van der Waals surface area contributed by atoms with Crippen LogP contribution in [0.2, 0.25) is 0 Å². The number of nitrogens with one attached hydrogen (secondary N) is 1. The van der Waals surface area contributed by atoms with Crippen LogP contribution < -0.4 is 11.2 Å². The van der Waals surface area contributed by atoms with Crippen molar-refractivity contribution in [3.63, 3.8) is 0 Å². The summed E-state index contributed by atoms with van der Waals surface area (Å²) in [6.07, 6.45) is 0.750. The molecule has 0 heterocycles. The van der Waals surface area contributed by atoms with Crippen molar-refractivity contribution >= 4 is 5.96 Å². The molecule has 0 aliphatic heterocycles. The second-order valence-electron chi connectivity index (χ2n) is 2.90. The molecule has 1 aromatic carbocycles. The number of nitrogens with two attached hydrogens (primary N) is 1. The predicted octanol–water partition coefficient (Wildman–Crippen LogP) is 0.129. The van der Waals surface area contributed by atoms with Crippen molar-refractivity contribution in [2.45, 2.75) is 6.42 Å². The summed E-state index contributed by atoms with van der Waals surface area (Å²) in [5.41, 5.74) is 8.47. The fourth-order valence-electron chi connectivity index (χ4n) is 1.09. The van der Waals surface area contributed by atoms with Crippen LogP contribution in [0.15, 0.2) is 35.3 Å². The molecule has 0 radical (unpaired) electrons. The van der Waals surface area contributed by atoms with Gasteiger partial charge in [-0.25, -0.2) is 5.43 Å². The number of guanidine groups is 1. The van der Waals surface area contributed by atoms with Crippen LogP contribution in [0.1, 0.15) is 5.56 Å². The standard InChI is InChI=1S/C9H14N4O2/c10-9(12-13(14)15)11-7-6-8-4-2-1-3-5-8/h1-5,14-15H,6-7H2,(H3,10,11,12). The van der Waals surface area contributed by atoms with Gasteiger partial charge in [-0.05, 0) is 12.0 Å². The second kappa shape index (κ2) is 5.97. The number of aliphatic imine (C=N–C) groups is 1. The first kappa shape index (κ1) is 11.4. The number of rotatable bonds is 4. The molecule has 0 atom stereocenters. The third-order valence-electron chi connectivity index (χ3n) is 1.74. The van der Waals surface area contributed by atoms with Gasteiger partial charge in [0.1, 0.15) is 0 Å². The number of hydrogen-bond acceptors (Lipinski definition) is 4. The summed E-state index contributed by atoms with van der Waals surface area (Å²) < 4.78 is 0. The molecule has 0 aromatic heterocycles. The molecule has 0 saturated heterocycles. The molecule has 0 spiro atoms. The Kier molecular flexibility index (Phi) is 4.55. The van der Waals surface area contributed by atoms with Gasteiger partial charge in [0, 0.05) is 11.9 Å². The molecule has 15 heavy (non-hydrogen) atoms. The molecule has 1 rings (SSSR count). The first-order chi connectivity index (χ1) is 7.18. The molecule has 0 aliphatic rings. The van der Waals surface area contributed by atoms with Crippen LogP contribution in [0.4, 0.5) is 0 Å². The zero-order valence-electron chi connectivity index (χ0n) is 8.17. The molecule has 6 nitrogen and oxygen atoms in total. The van der Waals surface area contributed by atoms with Crippen molar-refractivity contribution in [2.75, 3.05) is 6.54 Å². The van der Waals surface area contributed by atoms with Crippen LogP contribution in [0.25, 0.3) is 0 Å². The van der Waals surface area contributed by atoms with Crippen molar-refractivity contribution in [1.29, 1.82) is 0 Å². The van der Waals surface area contributed by atoms with Crippen LogP contribution in [-0.2, 0) is 6.42 Å². The summed E-state index contributed by atoms with van der Waals surface area (Å²) in [6, 6.07) is 9.82. The summed E-state index contributed by atoms with van der Waals surface area (Å²) in [7, 11) is 0. The van der Waals surface area contributed by atoms with Gasteiger partial charge in [-0.15, -0.1) is 0 Å². The van der Waals surface area contributed by atoms with Crippen LogP contribution in [0.3, 0.4) is 0 Å². The van der Waals surface area contributed by atoms with Crippen LogP contribution in [0, 0.1) is 0 Å². The Labute approximate surface area is 87.5 Å². The van der Waals surface area contributed by atoms with E-state index in [2.05, 4.69) is 4.99 Å². The van der Waals surface area contributed by atoms with E-state index >= 15 is 0 Å². The Hall–Kier alpha value is -1.63. The molecule has 6 heteroatoms. The molecule has 0 saturated carbocycles. The molecular weight excluding hydrogens is 196 g/mol. The van der Waals surface area contributed by atoms with E-state index < -0.39 is 0 Å². The summed E-state index contributed by atoms with van der Waals surface area (Å²) in [4.78, 5) is 3.88. The van der Waals surface area contributed by atoms with Gasteiger partial charge in [0.15, 0.2) is 0 Å². The largest absolute Gasteiger partial charge is 0.369 e. The molecule has 0 fully saturated rings. The first-order valence-corrected chi connectivity index (χ1v) is 4.47. The summed E-state index contributed by atoms with van der Waals surface area (Å²) in [5, 5.41) is 16.5. The number of benzene rings is 1. The highest BCUT2D eigenvalue weighted by atomic mass is 16.8. The lowest BCUT2D eigenvalue weighted by Crippen LogP contribution is -2.42. The number of hydrogen-bond donors (Lipinski definition) is 4. The van der Waals surface area contributed by atoms with E-state index in [0.717, 1.165) is 12.0 Å². The maximum absolute atomic E-state index is 8.36. The maximum atomic E-state index is 8.36. The van der Waals surface area contributed by atoms with Crippen LogP contribution in [-0.4, -0.2) is 28.3 Å². The predicted molar refractivity (Wildman–Crippen MR) is 55.2 cm³/mol. The molecule has 0 bridgehead atoms. The van der Waals surface area contributed by atoms with Crippen molar-refractivity contribution in [2.24, 2.45) is 10.7 Å². The smallest absolute Gasteiger partial charge is 0.207 e. The Morgan fingerprint density at radius 2 is 2.00 bits per heavy atom. The third-order valence-corrected chi connectivity index (χ3v) is 1.74. The Morgan fingerprint density at radius 3 is 2.60 bits per heavy atom. The Bertz CT molecular complexity index is 313. The molecule has 1 aromatic rings. The van der Waals surface area contributed by atoms with E-state index in [1.807, 2.05) is 35.8 Å². The van der Waals surface area contributed by atoms with Crippen LogP contribution >= 0.6 is 0 Å². The highest BCUT2D eigenvalue weighted by Crippen LogP contribution is 1.98. The van der Waals surface area contributed by atoms with Crippen molar-refractivity contribution in [3.8, 4) is 0 Å². The highest BCUT2D eigenvalue weighted by molar-refractivity contribution is 5.77. The van der Waals surface area contributed by atoms with E-state index in [9.17, 15) is 0 Å². The number of hydrazine groups is 1. The van der Waals surface area contributed by atoms with E-state index in [4.69, 9.17) is 16.1 Å². The van der Waals surface area contributed by atoms with Crippen molar-refractivity contribution < 1.29 is 10.4 Å². The molecule has 5 N–H and O–H groups in total. The summed E-state index contributed by atoms with van der Waals surface area (Å²) >= 11 is 0. The summed E-state index contributed by atoms with van der Waals surface area (Å²) in [5.74, 6) is -0.0454. The van der Waals surface area contributed by atoms with E-state index in [-0.39, 0.29) is 11.3 Å². The van der Waals surface area contributed by atoms with Crippen molar-refractivity contribution in [3.05, 3.63) is 35.9 Å². The fraction of sp³-hybridized carbons (Fsp3) is 0.222. The molecular formula is C9H14N4O2. The third kappa shape index (κ3) is 4.96. The van der Waals surface area contributed by atoms with Crippen molar-refractivity contribution in [1.82, 2.24) is 10.8 Å². The average molecular weight is 210 g/mol. The molecule has 82 valence electrons. The van der Waals surface area contributed by atoms with E-state index in [1.165, 1.54) is 0 Å². The van der Waals surface area contributed by atoms with Crippen LogP contribution in [0.5, 0.6) is 0 Å². The minimum atomic E-state index is -0.235. The lowest BCUT2D eigenvalue weighted by molar-refractivity contribution is -0.329. The highest BCUT2D eigenvalue weighted by Gasteiger charge is 1.95. The van der Waals surface area contributed by atoms with Gasteiger partial charge in [-0.2, -0.15) is 0 Å². The average Bonchev–Trinajstić information content (AvgIpc) is 2.18. The zero-order chi connectivity index (χ0) is 11.1. The SMILES string of the molecule is NC(=NCCc1ccccc1)NN(O)O. The van der Waals surface area contributed by atoms with Gasteiger partial charge in [0.05, 0.1) is 0 Å². The normalized spacial score (nSPS) is 11.8. The van der Waals surface area contributed by atoms with E-state index in [0.29, 0.717) is 6.54 Å². The Morgan fingerprint density at radius 1 is 1.33 bits per heavy atom. The zero-order valence-corrected chi connectivity index (χ0v) is 8.17. The van der Waals surface area contributed by atoms with E-state index in [1.54, 1.807) is 0 Å². The van der Waals surface area contributed by atoms with Gasteiger partial charge < -0.3 is 5.73 Å². The lowest BCUT2D eigenvalue weighted by Gasteiger charge is -2.07. The summed E-state index contributed by atoms with van der Waals surface area (Å²) in [6.45, 7) is 0.483. The molecule has 0 aliphatic carbocycles. The minimum Gasteiger partial charge on any atom is -0.369 e. The second-order valence-corrected chi connectivity index (χ2v) is 2.90. The maximum Gasteiger partial charge on any atom is 0.207 e. The van der Waals surface area contributed by atoms with Gasteiger partial charge in [0.2, 0.25) is 5.96 Å². The number of nitrogens with zero attached hydrogens (tertiary/aromatic N) is 2.